The minimum atomic E-state index is -4.71. The van der Waals surface area contributed by atoms with Crippen LogP contribution in [0.3, 0.4) is 0 Å². The van der Waals surface area contributed by atoms with E-state index in [2.05, 4.69) is 5.73 Å². The first-order chi connectivity index (χ1) is 4.34. The molecule has 0 spiro atoms. The van der Waals surface area contributed by atoms with Crippen LogP contribution in [0.4, 0.5) is 22.0 Å². The van der Waals surface area contributed by atoms with Crippen molar-refractivity contribution in [2.24, 2.45) is 5.73 Å². The highest BCUT2D eigenvalue weighted by Gasteiger charge is 2.38. The SMILES string of the molecule is NC(CC(F)F)C(F)(F)F. The Morgan fingerprint density at radius 1 is 1.20 bits per heavy atom. The summed E-state index contributed by atoms with van der Waals surface area (Å²) in [5, 5.41) is 0. The summed E-state index contributed by atoms with van der Waals surface area (Å²) in [6.45, 7) is 0. The molecule has 62 valence electrons. The predicted molar refractivity (Wildman–Crippen MR) is 24.7 cm³/mol. The van der Waals surface area contributed by atoms with Crippen LogP contribution in [-0.4, -0.2) is 18.6 Å². The maximum absolute atomic E-state index is 11.4. The molecule has 1 atom stereocenters. The van der Waals surface area contributed by atoms with Gasteiger partial charge in [-0.2, -0.15) is 13.2 Å². The van der Waals surface area contributed by atoms with Gasteiger partial charge in [0.1, 0.15) is 6.04 Å². The first-order valence-corrected chi connectivity index (χ1v) is 2.44. The van der Waals surface area contributed by atoms with Crippen LogP contribution in [0.15, 0.2) is 0 Å². The Morgan fingerprint density at radius 3 is 1.70 bits per heavy atom. The number of hydrogen-bond acceptors (Lipinski definition) is 1. The van der Waals surface area contributed by atoms with Crippen LogP contribution < -0.4 is 5.73 Å². The largest absolute Gasteiger partial charge is 0.403 e. The standard InChI is InChI=1S/C4H6F5N/c5-3(6)1-2(10)4(7,8)9/h2-3H,1,10H2. The third-order valence-electron chi connectivity index (χ3n) is 0.853. The van der Waals surface area contributed by atoms with E-state index in [-0.39, 0.29) is 0 Å². The molecule has 6 heteroatoms. The maximum Gasteiger partial charge on any atom is 0.403 e. The minimum Gasteiger partial charge on any atom is -0.320 e. The third kappa shape index (κ3) is 3.60. The number of rotatable bonds is 2. The van der Waals surface area contributed by atoms with Gasteiger partial charge in [-0.25, -0.2) is 8.78 Å². The summed E-state index contributed by atoms with van der Waals surface area (Å²) in [5.41, 5.74) is 4.35. The summed E-state index contributed by atoms with van der Waals surface area (Å²) >= 11 is 0. The summed E-state index contributed by atoms with van der Waals surface area (Å²) in [6, 6.07) is -2.41. The molecule has 10 heavy (non-hydrogen) atoms. The summed E-state index contributed by atoms with van der Waals surface area (Å²) < 4.78 is 56.5. The second-order valence-corrected chi connectivity index (χ2v) is 1.77. The first kappa shape index (κ1) is 9.61. The molecule has 0 aliphatic rings. The Balaban J connectivity index is 3.73. The van der Waals surface area contributed by atoms with Crippen molar-refractivity contribution in [2.75, 3.05) is 0 Å². The molecule has 0 aromatic carbocycles. The van der Waals surface area contributed by atoms with E-state index in [1.807, 2.05) is 0 Å². The van der Waals surface area contributed by atoms with Crippen LogP contribution in [0.2, 0.25) is 0 Å². The van der Waals surface area contributed by atoms with Gasteiger partial charge in [0.25, 0.3) is 0 Å². The van der Waals surface area contributed by atoms with Gasteiger partial charge < -0.3 is 5.73 Å². The lowest BCUT2D eigenvalue weighted by molar-refractivity contribution is -0.155. The number of alkyl halides is 5. The van der Waals surface area contributed by atoms with E-state index in [4.69, 9.17) is 0 Å². The molecule has 0 saturated carbocycles. The Morgan fingerprint density at radius 2 is 1.60 bits per heavy atom. The van der Waals surface area contributed by atoms with Crippen LogP contribution in [0.1, 0.15) is 6.42 Å². The monoisotopic (exact) mass is 163 g/mol. The second-order valence-electron chi connectivity index (χ2n) is 1.77. The minimum absolute atomic E-state index is 1.33. The normalized spacial score (nSPS) is 15.9. The van der Waals surface area contributed by atoms with Crippen LogP contribution in [-0.2, 0) is 0 Å². The lowest BCUT2D eigenvalue weighted by Crippen LogP contribution is -2.38. The Hall–Kier alpha value is -0.390. The number of hydrogen-bond donors (Lipinski definition) is 1. The molecular formula is C4H6F5N. The van der Waals surface area contributed by atoms with Crippen molar-refractivity contribution in [3.8, 4) is 0 Å². The topological polar surface area (TPSA) is 26.0 Å². The molecule has 0 radical (unpaired) electrons. The average Bonchev–Trinajstić information content (AvgIpc) is 1.60. The molecule has 2 N–H and O–H groups in total. The quantitative estimate of drug-likeness (QED) is 0.614. The molecule has 0 aromatic rings. The molecule has 0 fully saturated rings. The van der Waals surface area contributed by atoms with Gasteiger partial charge in [-0.1, -0.05) is 0 Å². The second kappa shape index (κ2) is 3.14. The van der Waals surface area contributed by atoms with Crippen molar-refractivity contribution in [1.29, 1.82) is 0 Å². The van der Waals surface area contributed by atoms with Crippen LogP contribution in [0.5, 0.6) is 0 Å². The van der Waals surface area contributed by atoms with Gasteiger partial charge in [0, 0.05) is 6.42 Å². The molecule has 0 aromatic heterocycles. The van der Waals surface area contributed by atoms with Gasteiger partial charge in [0.15, 0.2) is 0 Å². The van der Waals surface area contributed by atoms with Gasteiger partial charge in [-0.15, -0.1) is 0 Å². The maximum atomic E-state index is 11.4. The van der Waals surface area contributed by atoms with Gasteiger partial charge >= 0.3 is 6.18 Å². The van der Waals surface area contributed by atoms with Crippen molar-refractivity contribution in [2.45, 2.75) is 25.1 Å². The van der Waals surface area contributed by atoms with E-state index in [1.54, 1.807) is 0 Å². The molecule has 0 rings (SSSR count). The van der Waals surface area contributed by atoms with Crippen LogP contribution in [0.25, 0.3) is 0 Å². The van der Waals surface area contributed by atoms with Gasteiger partial charge in [0.05, 0.1) is 0 Å². The molecule has 1 unspecified atom stereocenters. The first-order valence-electron chi connectivity index (χ1n) is 2.44. The van der Waals surface area contributed by atoms with Gasteiger partial charge in [-0.05, 0) is 0 Å². The van der Waals surface area contributed by atoms with E-state index < -0.39 is 25.1 Å². The summed E-state index contributed by atoms with van der Waals surface area (Å²) in [6.07, 6.45) is -9.04. The fourth-order valence-electron chi connectivity index (χ4n) is 0.326. The van der Waals surface area contributed by atoms with Gasteiger partial charge in [-0.3, -0.25) is 0 Å². The molecule has 1 nitrogen and oxygen atoms in total. The fourth-order valence-corrected chi connectivity index (χ4v) is 0.326. The van der Waals surface area contributed by atoms with Crippen molar-refractivity contribution in [3.63, 3.8) is 0 Å². The summed E-state index contributed by atoms with van der Waals surface area (Å²) in [4.78, 5) is 0. The Bertz CT molecular complexity index is 98.3. The average molecular weight is 163 g/mol. The van der Waals surface area contributed by atoms with E-state index >= 15 is 0 Å². The smallest absolute Gasteiger partial charge is 0.320 e. The Labute approximate surface area is 54.0 Å². The number of halogens is 5. The summed E-state index contributed by atoms with van der Waals surface area (Å²) in [5.74, 6) is 0. The molecule has 0 heterocycles. The van der Waals surface area contributed by atoms with Crippen molar-refractivity contribution in [1.82, 2.24) is 0 Å². The lowest BCUT2D eigenvalue weighted by atomic mass is 10.2. The molecule has 0 aliphatic heterocycles. The Kier molecular flexibility index (Phi) is 3.01. The van der Waals surface area contributed by atoms with E-state index in [9.17, 15) is 22.0 Å². The zero-order valence-corrected chi connectivity index (χ0v) is 4.83. The zero-order chi connectivity index (χ0) is 8.36. The van der Waals surface area contributed by atoms with E-state index in [0.29, 0.717) is 0 Å². The third-order valence-corrected chi connectivity index (χ3v) is 0.853. The van der Waals surface area contributed by atoms with Crippen molar-refractivity contribution < 1.29 is 22.0 Å². The predicted octanol–water partition coefficient (Wildman–Crippen LogP) is 1.53. The molecule has 0 amide bonds. The van der Waals surface area contributed by atoms with E-state index in [1.165, 1.54) is 0 Å². The zero-order valence-electron chi connectivity index (χ0n) is 4.83. The number of nitrogens with two attached hydrogens (primary N) is 1. The molecular weight excluding hydrogens is 157 g/mol. The highest BCUT2D eigenvalue weighted by atomic mass is 19.4. The fraction of sp³-hybridized carbons (Fsp3) is 1.00. The lowest BCUT2D eigenvalue weighted by Gasteiger charge is -2.13. The highest BCUT2D eigenvalue weighted by molar-refractivity contribution is 4.70. The molecule has 0 saturated heterocycles. The molecule has 0 bridgehead atoms. The molecule has 0 aliphatic carbocycles. The summed E-state index contributed by atoms with van der Waals surface area (Å²) in [7, 11) is 0. The van der Waals surface area contributed by atoms with Crippen LogP contribution in [0, 0.1) is 0 Å². The van der Waals surface area contributed by atoms with Crippen molar-refractivity contribution >= 4 is 0 Å². The van der Waals surface area contributed by atoms with Crippen LogP contribution >= 0.6 is 0 Å². The van der Waals surface area contributed by atoms with E-state index in [0.717, 1.165) is 0 Å². The van der Waals surface area contributed by atoms with Crippen molar-refractivity contribution in [3.05, 3.63) is 0 Å². The highest BCUT2D eigenvalue weighted by Crippen LogP contribution is 2.22. The van der Waals surface area contributed by atoms with Gasteiger partial charge in [0.2, 0.25) is 6.43 Å².